The zero-order chi connectivity index (χ0) is 23.4. The molecular weight excluding hydrogens is 442 g/mol. The average molecular weight is 466 g/mol. The van der Waals surface area contributed by atoms with Crippen LogP contribution in [0.25, 0.3) is 11.1 Å². The summed E-state index contributed by atoms with van der Waals surface area (Å²) in [6, 6.07) is 16.2. The number of aliphatic carboxylic acids is 1. The first kappa shape index (κ1) is 22.5. The fourth-order valence-corrected chi connectivity index (χ4v) is 4.59. The minimum atomic E-state index is -0.904. The van der Waals surface area contributed by atoms with E-state index in [0.29, 0.717) is 13.0 Å². The van der Waals surface area contributed by atoms with Gasteiger partial charge in [0.2, 0.25) is 0 Å². The molecule has 0 fully saturated rings. The van der Waals surface area contributed by atoms with Gasteiger partial charge >= 0.3 is 12.1 Å². The third kappa shape index (κ3) is 5.04. The van der Waals surface area contributed by atoms with Crippen LogP contribution in [-0.2, 0) is 9.53 Å². The number of carbonyl (C=O) groups excluding carboxylic acids is 2. The van der Waals surface area contributed by atoms with Crippen molar-refractivity contribution in [3.05, 3.63) is 70.7 Å². The Morgan fingerprint density at radius 2 is 1.73 bits per heavy atom. The number of aromatic nitrogens is 1. The molecule has 3 aromatic rings. The molecule has 0 saturated carbocycles. The van der Waals surface area contributed by atoms with Crippen LogP contribution in [0.1, 0.15) is 40.4 Å². The second-order valence-corrected chi connectivity index (χ2v) is 8.57. The lowest BCUT2D eigenvalue weighted by molar-refractivity contribution is -0.137. The van der Waals surface area contributed by atoms with Gasteiger partial charge in [0.25, 0.3) is 5.91 Å². The lowest BCUT2D eigenvalue weighted by Crippen LogP contribution is -2.28. The lowest BCUT2D eigenvalue weighted by atomic mass is 9.98. The van der Waals surface area contributed by atoms with Crippen molar-refractivity contribution in [1.82, 2.24) is 9.88 Å². The Kier molecular flexibility index (Phi) is 6.69. The molecule has 33 heavy (non-hydrogen) atoms. The molecule has 0 aliphatic heterocycles. The van der Waals surface area contributed by atoms with E-state index in [4.69, 9.17) is 9.84 Å². The van der Waals surface area contributed by atoms with E-state index in [1.807, 2.05) is 36.4 Å². The summed E-state index contributed by atoms with van der Waals surface area (Å²) in [4.78, 5) is 41.0. The predicted molar refractivity (Wildman–Crippen MR) is 125 cm³/mol. The second-order valence-electron chi connectivity index (χ2n) is 7.71. The van der Waals surface area contributed by atoms with E-state index >= 15 is 0 Å². The summed E-state index contributed by atoms with van der Waals surface area (Å²) in [5.41, 5.74) is 4.74. The molecule has 2 N–H and O–H groups in total. The number of thiazole rings is 1. The fourth-order valence-electron chi connectivity index (χ4n) is 3.92. The standard InChI is InChI=1S/C24H23N3O5S/c1-27(12-6-11-21(28)29)22(30)20-14-33-23(25-20)26-24(31)32-13-19-17-9-4-2-7-15(17)16-8-3-5-10-18(16)19/h2-5,7-10,14,19H,6,11-13H2,1H3,(H,28,29)(H,25,26,31). The summed E-state index contributed by atoms with van der Waals surface area (Å²) in [6.07, 6.45) is -0.296. The third-order valence-electron chi connectivity index (χ3n) is 5.51. The van der Waals surface area contributed by atoms with Crippen molar-refractivity contribution in [2.24, 2.45) is 0 Å². The van der Waals surface area contributed by atoms with E-state index < -0.39 is 12.1 Å². The highest BCUT2D eigenvalue weighted by Gasteiger charge is 2.29. The predicted octanol–water partition coefficient (Wildman–Crippen LogP) is 4.44. The molecule has 170 valence electrons. The number of hydrogen-bond donors (Lipinski definition) is 2. The van der Waals surface area contributed by atoms with Crippen molar-refractivity contribution in [1.29, 1.82) is 0 Å². The van der Waals surface area contributed by atoms with Gasteiger partial charge in [0.15, 0.2) is 5.13 Å². The molecular formula is C24H23N3O5S. The molecule has 1 aromatic heterocycles. The molecule has 1 aliphatic rings. The molecule has 1 aliphatic carbocycles. The van der Waals surface area contributed by atoms with Crippen LogP contribution in [0.15, 0.2) is 53.9 Å². The third-order valence-corrected chi connectivity index (χ3v) is 6.26. The van der Waals surface area contributed by atoms with Crippen LogP contribution in [0.4, 0.5) is 9.93 Å². The van der Waals surface area contributed by atoms with E-state index in [1.165, 1.54) is 4.90 Å². The Hall–Kier alpha value is -3.72. The van der Waals surface area contributed by atoms with Crippen LogP contribution in [0.2, 0.25) is 0 Å². The van der Waals surface area contributed by atoms with Gasteiger partial charge in [0.1, 0.15) is 12.3 Å². The number of fused-ring (bicyclic) bond motifs is 3. The molecule has 2 aromatic carbocycles. The topological polar surface area (TPSA) is 109 Å². The van der Waals surface area contributed by atoms with Crippen LogP contribution in [0.3, 0.4) is 0 Å². The van der Waals surface area contributed by atoms with Crippen molar-refractivity contribution in [2.45, 2.75) is 18.8 Å². The highest BCUT2D eigenvalue weighted by atomic mass is 32.1. The van der Waals surface area contributed by atoms with Gasteiger partial charge in [0, 0.05) is 31.3 Å². The summed E-state index contributed by atoms with van der Waals surface area (Å²) in [6.45, 7) is 0.487. The average Bonchev–Trinajstić information content (AvgIpc) is 3.39. The Labute approximate surface area is 194 Å². The van der Waals surface area contributed by atoms with Gasteiger partial charge in [-0.15, -0.1) is 11.3 Å². The number of anilines is 1. The van der Waals surface area contributed by atoms with Crippen LogP contribution >= 0.6 is 11.3 Å². The summed E-state index contributed by atoms with van der Waals surface area (Å²) in [5, 5.41) is 13.1. The highest BCUT2D eigenvalue weighted by molar-refractivity contribution is 7.14. The van der Waals surface area contributed by atoms with Crippen LogP contribution in [0, 0.1) is 0 Å². The van der Waals surface area contributed by atoms with Crippen LogP contribution in [-0.4, -0.2) is 53.2 Å². The lowest BCUT2D eigenvalue weighted by Gasteiger charge is -2.15. The van der Waals surface area contributed by atoms with E-state index in [1.54, 1.807) is 12.4 Å². The van der Waals surface area contributed by atoms with Crippen molar-refractivity contribution in [2.75, 3.05) is 25.5 Å². The fraction of sp³-hybridized carbons (Fsp3) is 0.250. The summed E-state index contributed by atoms with van der Waals surface area (Å²) >= 11 is 1.12. The van der Waals surface area contributed by atoms with E-state index in [2.05, 4.69) is 22.4 Å². The number of benzene rings is 2. The Morgan fingerprint density at radius 3 is 2.36 bits per heavy atom. The maximum atomic E-state index is 12.4. The quantitative estimate of drug-likeness (QED) is 0.509. The zero-order valence-corrected chi connectivity index (χ0v) is 18.8. The van der Waals surface area contributed by atoms with Crippen molar-refractivity contribution in [3.8, 4) is 11.1 Å². The summed E-state index contributed by atoms with van der Waals surface area (Å²) in [7, 11) is 1.59. The maximum Gasteiger partial charge on any atom is 0.413 e. The monoisotopic (exact) mass is 465 g/mol. The first-order valence-corrected chi connectivity index (χ1v) is 11.4. The number of nitrogens with one attached hydrogen (secondary N) is 1. The summed E-state index contributed by atoms with van der Waals surface area (Å²) < 4.78 is 5.50. The number of ether oxygens (including phenoxy) is 1. The molecule has 0 unspecified atom stereocenters. The van der Waals surface area contributed by atoms with Gasteiger partial charge in [-0.25, -0.2) is 9.78 Å². The number of carboxylic acid groups (broad SMARTS) is 1. The van der Waals surface area contributed by atoms with Crippen LogP contribution in [0.5, 0.6) is 0 Å². The number of carboxylic acids is 1. The molecule has 8 nitrogen and oxygen atoms in total. The van der Waals surface area contributed by atoms with Crippen molar-refractivity contribution in [3.63, 3.8) is 0 Å². The van der Waals surface area contributed by atoms with Gasteiger partial charge in [-0.1, -0.05) is 48.5 Å². The zero-order valence-electron chi connectivity index (χ0n) is 18.0. The number of hydrogen-bond acceptors (Lipinski definition) is 6. The molecule has 4 rings (SSSR count). The Morgan fingerprint density at radius 1 is 1.09 bits per heavy atom. The number of rotatable bonds is 8. The largest absolute Gasteiger partial charge is 0.481 e. The van der Waals surface area contributed by atoms with E-state index in [0.717, 1.165) is 33.6 Å². The SMILES string of the molecule is CN(CCCC(=O)O)C(=O)c1csc(NC(=O)OCC2c3ccccc3-c3ccccc32)n1. The van der Waals surface area contributed by atoms with Gasteiger partial charge in [-0.2, -0.15) is 0 Å². The summed E-state index contributed by atoms with van der Waals surface area (Å²) in [5.74, 6) is -1.28. The van der Waals surface area contributed by atoms with Gasteiger partial charge in [0.05, 0.1) is 0 Å². The highest BCUT2D eigenvalue weighted by Crippen LogP contribution is 2.44. The molecule has 0 radical (unpaired) electrons. The van der Waals surface area contributed by atoms with Gasteiger partial charge < -0.3 is 14.7 Å². The van der Waals surface area contributed by atoms with E-state index in [-0.39, 0.29) is 35.7 Å². The van der Waals surface area contributed by atoms with E-state index in [9.17, 15) is 14.4 Å². The second kappa shape index (κ2) is 9.83. The smallest absolute Gasteiger partial charge is 0.413 e. The number of carbonyl (C=O) groups is 3. The first-order chi connectivity index (χ1) is 15.9. The minimum absolute atomic E-state index is 0.0106. The van der Waals surface area contributed by atoms with Crippen LogP contribution < -0.4 is 5.32 Å². The maximum absolute atomic E-state index is 12.4. The van der Waals surface area contributed by atoms with Gasteiger partial charge in [-0.05, 0) is 28.7 Å². The molecule has 0 saturated heterocycles. The van der Waals surface area contributed by atoms with Crippen molar-refractivity contribution < 1.29 is 24.2 Å². The molecule has 0 bridgehead atoms. The number of amides is 2. The molecule has 0 atom stereocenters. The first-order valence-electron chi connectivity index (χ1n) is 10.5. The molecule has 9 heteroatoms. The molecule has 2 amide bonds. The Balaban J connectivity index is 1.34. The van der Waals surface area contributed by atoms with Crippen molar-refractivity contribution >= 4 is 34.4 Å². The number of nitrogens with zero attached hydrogens (tertiary/aromatic N) is 2. The molecule has 1 heterocycles. The minimum Gasteiger partial charge on any atom is -0.481 e. The Bertz CT molecular complexity index is 1150. The normalized spacial score (nSPS) is 12.0. The van der Waals surface area contributed by atoms with Gasteiger partial charge in [-0.3, -0.25) is 14.9 Å². The molecule has 0 spiro atoms.